The number of nitrogens with one attached hydrogen (secondary N) is 2. The normalized spacial score (nSPS) is 11.3. The Kier molecular flexibility index (Phi) is 3.99. The molecule has 0 amide bonds. The number of hydrogen-bond donors (Lipinski definition) is 3. The van der Waals surface area contributed by atoms with Gasteiger partial charge in [0.25, 0.3) is 10.0 Å². The molecule has 2 aromatic rings. The summed E-state index contributed by atoms with van der Waals surface area (Å²) in [6.07, 6.45) is 0.956. The Hall–Kier alpha value is -1.62. The largest absolute Gasteiger partial charge is 0.478 e. The molecule has 0 aliphatic heterocycles. The molecule has 2 rings (SSSR count). The predicted molar refractivity (Wildman–Crippen MR) is 80.3 cm³/mol. The predicted octanol–water partition coefficient (Wildman–Crippen LogP) is 1.82. The van der Waals surface area contributed by atoms with Gasteiger partial charge in [0.15, 0.2) is 5.03 Å². The third-order valence-electron chi connectivity index (χ3n) is 2.54. The van der Waals surface area contributed by atoms with Crippen molar-refractivity contribution in [3.8, 4) is 0 Å². The molecule has 1 heterocycles. The van der Waals surface area contributed by atoms with Crippen molar-refractivity contribution in [1.82, 2.24) is 10.2 Å². The summed E-state index contributed by atoms with van der Waals surface area (Å²) in [6, 6.07) is 5.17. The van der Waals surface area contributed by atoms with Gasteiger partial charge in [-0.1, -0.05) is 0 Å². The topological polar surface area (TPSA) is 112 Å². The maximum absolute atomic E-state index is 12.2. The second-order valence-corrected chi connectivity index (χ2v) is 6.85. The number of aryl methyl sites for hydroxylation is 1. The molecule has 3 N–H and O–H groups in total. The van der Waals surface area contributed by atoms with Crippen LogP contribution in [0.1, 0.15) is 15.9 Å². The van der Waals surface area contributed by atoms with Crippen molar-refractivity contribution >= 4 is 44.3 Å². The second-order valence-electron chi connectivity index (χ2n) is 3.98. The smallest absolute Gasteiger partial charge is 0.340 e. The number of hydrogen-bond acceptors (Lipinski definition) is 4. The minimum atomic E-state index is -4.03. The molecule has 0 spiro atoms. The van der Waals surface area contributed by atoms with Gasteiger partial charge in [-0.05, 0) is 53.3 Å². The lowest BCUT2D eigenvalue weighted by Gasteiger charge is -2.10. The number of benzene rings is 1. The van der Waals surface area contributed by atoms with Crippen LogP contribution in [0.25, 0.3) is 0 Å². The zero-order valence-electron chi connectivity index (χ0n) is 10.2. The van der Waals surface area contributed by atoms with Crippen molar-refractivity contribution in [3.63, 3.8) is 0 Å². The molecule has 0 saturated heterocycles. The molecule has 0 bridgehead atoms. The lowest BCUT2D eigenvalue weighted by atomic mass is 10.2. The Balaban J connectivity index is 2.41. The van der Waals surface area contributed by atoms with Gasteiger partial charge in [-0.3, -0.25) is 9.82 Å². The monoisotopic (exact) mass is 407 g/mol. The molecular weight excluding hydrogens is 397 g/mol. The van der Waals surface area contributed by atoms with Crippen LogP contribution in [0.2, 0.25) is 0 Å². The molecule has 0 fully saturated rings. The fourth-order valence-corrected chi connectivity index (χ4v) is 3.44. The average Bonchev–Trinajstić information content (AvgIpc) is 2.82. The molecule has 0 atom stereocenters. The van der Waals surface area contributed by atoms with Gasteiger partial charge in [0, 0.05) is 3.57 Å². The van der Waals surface area contributed by atoms with E-state index in [2.05, 4.69) is 37.5 Å². The number of carboxylic acid groups (broad SMARTS) is 1. The molecule has 9 heteroatoms. The fraction of sp³-hybridized carbons (Fsp3) is 0.0909. The molecular formula is C11H10IN3O4S. The highest BCUT2D eigenvalue weighted by Gasteiger charge is 2.25. The maximum atomic E-state index is 12.2. The van der Waals surface area contributed by atoms with Gasteiger partial charge in [-0.25, -0.2) is 4.79 Å². The first kappa shape index (κ1) is 14.8. The van der Waals surface area contributed by atoms with Crippen molar-refractivity contribution in [3.05, 3.63) is 39.1 Å². The van der Waals surface area contributed by atoms with E-state index in [1.165, 1.54) is 0 Å². The van der Waals surface area contributed by atoms with E-state index in [1.54, 1.807) is 19.1 Å². The minimum absolute atomic E-state index is 0.386. The average molecular weight is 407 g/mol. The van der Waals surface area contributed by atoms with Gasteiger partial charge in [0.05, 0.1) is 11.9 Å². The number of aromatic carboxylic acids is 1. The van der Waals surface area contributed by atoms with E-state index in [9.17, 15) is 13.2 Å². The van der Waals surface area contributed by atoms with Crippen LogP contribution in [-0.4, -0.2) is 29.7 Å². The number of nitrogens with zero attached hydrogens (tertiary/aromatic N) is 1. The maximum Gasteiger partial charge on any atom is 0.340 e. The number of anilines is 1. The molecule has 0 aliphatic rings. The highest BCUT2D eigenvalue weighted by atomic mass is 127. The Morgan fingerprint density at radius 2 is 2.15 bits per heavy atom. The zero-order chi connectivity index (χ0) is 14.9. The van der Waals surface area contributed by atoms with Crippen molar-refractivity contribution in [2.75, 3.05) is 4.72 Å². The van der Waals surface area contributed by atoms with Crippen molar-refractivity contribution < 1.29 is 18.3 Å². The third kappa shape index (κ3) is 2.93. The van der Waals surface area contributed by atoms with Gasteiger partial charge >= 0.3 is 5.97 Å². The van der Waals surface area contributed by atoms with E-state index in [4.69, 9.17) is 5.11 Å². The van der Waals surface area contributed by atoms with E-state index >= 15 is 0 Å². The number of carboxylic acids is 1. The fourth-order valence-electron chi connectivity index (χ4n) is 1.57. The number of aromatic nitrogens is 2. The minimum Gasteiger partial charge on any atom is -0.478 e. The van der Waals surface area contributed by atoms with E-state index < -0.39 is 26.6 Å². The van der Waals surface area contributed by atoms with Gasteiger partial charge < -0.3 is 5.11 Å². The molecule has 0 aliphatic carbocycles. The van der Waals surface area contributed by atoms with Gasteiger partial charge in [0.2, 0.25) is 0 Å². The van der Waals surface area contributed by atoms with Crippen LogP contribution in [0.3, 0.4) is 0 Å². The second kappa shape index (κ2) is 5.40. The summed E-state index contributed by atoms with van der Waals surface area (Å²) in [6.45, 7) is 1.76. The highest BCUT2D eigenvalue weighted by molar-refractivity contribution is 14.1. The van der Waals surface area contributed by atoms with Crippen LogP contribution in [-0.2, 0) is 10.0 Å². The van der Waals surface area contributed by atoms with Crippen LogP contribution < -0.4 is 4.72 Å². The number of aromatic amines is 1. The number of H-pyrrole nitrogens is 1. The van der Waals surface area contributed by atoms with E-state index in [0.717, 1.165) is 15.3 Å². The lowest BCUT2D eigenvalue weighted by Crippen LogP contribution is -2.17. The molecule has 106 valence electrons. The third-order valence-corrected chi connectivity index (χ3v) is 4.54. The molecule has 0 saturated carbocycles. The molecule has 1 aromatic carbocycles. The Morgan fingerprint density at radius 1 is 1.45 bits per heavy atom. The standard InChI is InChI=1S/C11H10IN3O4S/c1-6-4-7(12)2-3-9(6)15-20(18,19)10-8(11(16)17)5-13-14-10/h2-5,15H,1H3,(H,13,14)(H,16,17). The summed E-state index contributed by atoms with van der Waals surface area (Å²) in [5.41, 5.74) is 0.717. The number of sulfonamides is 1. The summed E-state index contributed by atoms with van der Waals surface area (Å²) < 4.78 is 27.7. The zero-order valence-corrected chi connectivity index (χ0v) is 13.2. The first-order valence-corrected chi connectivity index (χ1v) is 7.93. The van der Waals surface area contributed by atoms with Crippen LogP contribution >= 0.6 is 22.6 Å². The summed E-state index contributed by atoms with van der Waals surface area (Å²) in [4.78, 5) is 10.9. The van der Waals surface area contributed by atoms with E-state index in [1.807, 2.05) is 6.07 Å². The van der Waals surface area contributed by atoms with Crippen LogP contribution in [0.5, 0.6) is 0 Å². The molecule has 0 unspecified atom stereocenters. The Labute approximate surface area is 128 Å². The number of carbonyl (C=O) groups is 1. The highest BCUT2D eigenvalue weighted by Crippen LogP contribution is 2.22. The summed E-state index contributed by atoms with van der Waals surface area (Å²) >= 11 is 2.11. The van der Waals surface area contributed by atoms with Gasteiger partial charge in [0.1, 0.15) is 5.56 Å². The number of halogens is 1. The molecule has 20 heavy (non-hydrogen) atoms. The SMILES string of the molecule is Cc1cc(I)ccc1NS(=O)(=O)c1[nH]ncc1C(=O)O. The van der Waals surface area contributed by atoms with Crippen molar-refractivity contribution in [2.45, 2.75) is 11.9 Å². The summed E-state index contributed by atoms with van der Waals surface area (Å²) in [5.74, 6) is -1.36. The van der Waals surface area contributed by atoms with Crippen molar-refractivity contribution in [1.29, 1.82) is 0 Å². The molecule has 7 nitrogen and oxygen atoms in total. The van der Waals surface area contributed by atoms with Gasteiger partial charge in [-0.2, -0.15) is 13.5 Å². The molecule has 1 aromatic heterocycles. The first-order chi connectivity index (χ1) is 9.31. The lowest BCUT2D eigenvalue weighted by molar-refractivity contribution is 0.0692. The summed E-state index contributed by atoms with van der Waals surface area (Å²) in [5, 5.41) is 14.1. The van der Waals surface area contributed by atoms with Crippen LogP contribution in [0, 0.1) is 10.5 Å². The van der Waals surface area contributed by atoms with E-state index in [-0.39, 0.29) is 0 Å². The van der Waals surface area contributed by atoms with Crippen LogP contribution in [0.15, 0.2) is 29.4 Å². The Morgan fingerprint density at radius 3 is 2.75 bits per heavy atom. The van der Waals surface area contributed by atoms with Crippen molar-refractivity contribution in [2.24, 2.45) is 0 Å². The van der Waals surface area contributed by atoms with E-state index in [0.29, 0.717) is 5.69 Å². The van der Waals surface area contributed by atoms with Gasteiger partial charge in [-0.15, -0.1) is 0 Å². The summed E-state index contributed by atoms with van der Waals surface area (Å²) in [7, 11) is -4.03. The number of rotatable bonds is 4. The first-order valence-electron chi connectivity index (χ1n) is 5.37. The Bertz CT molecular complexity index is 770. The quantitative estimate of drug-likeness (QED) is 0.670. The van der Waals surface area contributed by atoms with Crippen LogP contribution in [0.4, 0.5) is 5.69 Å². The molecule has 0 radical (unpaired) electrons.